The summed E-state index contributed by atoms with van der Waals surface area (Å²) in [6.07, 6.45) is 5.58. The van der Waals surface area contributed by atoms with Gasteiger partial charge in [-0.3, -0.25) is 14.5 Å². The molecule has 1 aliphatic heterocycles. The number of amides is 2. The van der Waals surface area contributed by atoms with E-state index in [0.717, 1.165) is 5.69 Å². The number of benzene rings is 1. The lowest BCUT2D eigenvalue weighted by atomic mass is 9.63. The summed E-state index contributed by atoms with van der Waals surface area (Å²) < 4.78 is 0. The van der Waals surface area contributed by atoms with Gasteiger partial charge in [-0.2, -0.15) is 0 Å². The number of nitrogens with one attached hydrogen (secondary N) is 1. The Kier molecular flexibility index (Phi) is 2.72. The molecule has 5 heteroatoms. The van der Waals surface area contributed by atoms with Gasteiger partial charge in [0.25, 0.3) is 0 Å². The first-order valence-electron chi connectivity index (χ1n) is 8.18. The van der Waals surface area contributed by atoms with E-state index < -0.39 is 0 Å². The van der Waals surface area contributed by atoms with Gasteiger partial charge in [0.1, 0.15) is 0 Å². The maximum Gasteiger partial charge on any atom is 0.235 e. The molecule has 6 rings (SSSR count). The molecule has 1 heterocycles. The Labute approximate surface area is 139 Å². The van der Waals surface area contributed by atoms with E-state index in [9.17, 15) is 9.59 Å². The van der Waals surface area contributed by atoms with Crippen LogP contribution in [0.4, 0.5) is 5.69 Å². The third kappa shape index (κ3) is 1.84. The fourth-order valence-corrected chi connectivity index (χ4v) is 5.13. The highest BCUT2D eigenvalue weighted by molar-refractivity contribution is 6.30. The van der Waals surface area contributed by atoms with Crippen LogP contribution in [0.15, 0.2) is 36.4 Å². The van der Waals surface area contributed by atoms with E-state index in [1.54, 1.807) is 12.1 Å². The van der Waals surface area contributed by atoms with Gasteiger partial charge in [0.15, 0.2) is 0 Å². The van der Waals surface area contributed by atoms with E-state index >= 15 is 0 Å². The van der Waals surface area contributed by atoms with Crippen LogP contribution in [0.5, 0.6) is 0 Å². The zero-order valence-corrected chi connectivity index (χ0v) is 13.2. The van der Waals surface area contributed by atoms with Crippen LogP contribution in [0.2, 0.25) is 5.02 Å². The summed E-state index contributed by atoms with van der Waals surface area (Å²) in [6, 6.07) is 7.31. The van der Waals surface area contributed by atoms with E-state index in [1.807, 2.05) is 12.1 Å². The maximum absolute atomic E-state index is 12.8. The predicted octanol–water partition coefficient (Wildman–Crippen LogP) is 2.76. The Balaban J connectivity index is 1.37. The number of carbonyl (C=O) groups is 2. The highest BCUT2D eigenvalue weighted by Gasteiger charge is 2.66. The Bertz CT molecular complexity index is 710. The average Bonchev–Trinajstić information content (AvgIpc) is 3.32. The van der Waals surface area contributed by atoms with Gasteiger partial charge in [-0.1, -0.05) is 29.8 Å². The number of hydrogen-bond donors (Lipinski definition) is 1. The standard InChI is InChI=1S/C18H17ClN2O2/c19-9-2-1-3-10(6-9)20-8-21-17(22)15-11-4-5-12(14-7-13(11)14)16(15)18(21)23/h1-6,11-16,20H,7-8H2. The molecule has 1 saturated heterocycles. The number of likely N-dealkylation sites (tertiary alicyclic amines) is 1. The van der Waals surface area contributed by atoms with E-state index in [4.69, 9.17) is 11.6 Å². The smallest absolute Gasteiger partial charge is 0.235 e. The van der Waals surface area contributed by atoms with E-state index in [-0.39, 0.29) is 42.2 Å². The van der Waals surface area contributed by atoms with Crippen molar-refractivity contribution in [3.05, 3.63) is 41.4 Å². The van der Waals surface area contributed by atoms with Crippen LogP contribution in [0.25, 0.3) is 0 Å². The Morgan fingerprint density at radius 2 is 1.74 bits per heavy atom. The number of anilines is 1. The quantitative estimate of drug-likeness (QED) is 0.685. The minimum Gasteiger partial charge on any atom is -0.367 e. The van der Waals surface area contributed by atoms with E-state index in [2.05, 4.69) is 17.5 Å². The summed E-state index contributed by atoms with van der Waals surface area (Å²) in [5, 5.41) is 3.78. The SMILES string of the molecule is O=C1C2C3C=CC(C4CC34)C2C(=O)N1CNc1cccc(Cl)c1. The molecule has 1 N–H and O–H groups in total. The van der Waals surface area contributed by atoms with Crippen LogP contribution in [-0.4, -0.2) is 23.4 Å². The number of halogens is 1. The van der Waals surface area contributed by atoms with Crippen molar-refractivity contribution < 1.29 is 9.59 Å². The van der Waals surface area contributed by atoms with E-state index in [0.29, 0.717) is 16.9 Å². The molecule has 3 fully saturated rings. The molecule has 2 amide bonds. The van der Waals surface area contributed by atoms with Crippen molar-refractivity contribution in [2.24, 2.45) is 35.5 Å². The zero-order chi connectivity index (χ0) is 15.7. The number of imide groups is 1. The fraction of sp³-hybridized carbons (Fsp3) is 0.444. The topological polar surface area (TPSA) is 49.4 Å². The molecule has 4 aliphatic carbocycles. The highest BCUT2D eigenvalue weighted by Crippen LogP contribution is 2.65. The van der Waals surface area contributed by atoms with Crippen LogP contribution in [0.1, 0.15) is 6.42 Å². The van der Waals surface area contributed by atoms with Crippen LogP contribution in [0, 0.1) is 35.5 Å². The molecule has 2 saturated carbocycles. The number of carbonyl (C=O) groups excluding carboxylic acids is 2. The van der Waals surface area contributed by atoms with E-state index in [1.165, 1.54) is 11.3 Å². The van der Waals surface area contributed by atoms with Crippen molar-refractivity contribution >= 4 is 29.1 Å². The second-order valence-corrected chi connectivity index (χ2v) is 7.54. The van der Waals surface area contributed by atoms with Crippen molar-refractivity contribution in [3.8, 4) is 0 Å². The predicted molar refractivity (Wildman–Crippen MR) is 86.5 cm³/mol. The normalized spacial score (nSPS) is 39.4. The Hall–Kier alpha value is -1.81. The lowest BCUT2D eigenvalue weighted by Gasteiger charge is -2.37. The third-order valence-electron chi connectivity index (χ3n) is 6.02. The summed E-state index contributed by atoms with van der Waals surface area (Å²) in [5.74, 6) is 1.60. The molecule has 0 radical (unpaired) electrons. The van der Waals surface area contributed by atoms with Crippen molar-refractivity contribution in [1.82, 2.24) is 4.90 Å². The lowest BCUT2D eigenvalue weighted by Crippen LogP contribution is -2.40. The second-order valence-electron chi connectivity index (χ2n) is 7.10. The zero-order valence-electron chi connectivity index (χ0n) is 12.5. The Morgan fingerprint density at radius 1 is 1.09 bits per heavy atom. The molecule has 118 valence electrons. The molecule has 2 bridgehead atoms. The maximum atomic E-state index is 12.8. The first-order valence-corrected chi connectivity index (χ1v) is 8.56. The van der Waals surface area contributed by atoms with Crippen molar-refractivity contribution in [3.63, 3.8) is 0 Å². The van der Waals surface area contributed by atoms with Gasteiger partial charge in [-0.05, 0) is 48.3 Å². The van der Waals surface area contributed by atoms with Gasteiger partial charge in [0.05, 0.1) is 18.5 Å². The summed E-state index contributed by atoms with van der Waals surface area (Å²) in [7, 11) is 0. The first kappa shape index (κ1) is 13.6. The van der Waals surface area contributed by atoms with Gasteiger partial charge in [0.2, 0.25) is 11.8 Å². The molecule has 4 nitrogen and oxygen atoms in total. The van der Waals surface area contributed by atoms with Crippen LogP contribution in [-0.2, 0) is 9.59 Å². The van der Waals surface area contributed by atoms with Crippen LogP contribution < -0.4 is 5.32 Å². The third-order valence-corrected chi connectivity index (χ3v) is 6.26. The first-order chi connectivity index (χ1) is 11.1. The molecule has 1 aromatic rings. The Morgan fingerprint density at radius 3 is 2.35 bits per heavy atom. The molecule has 23 heavy (non-hydrogen) atoms. The number of hydrogen-bond acceptors (Lipinski definition) is 3. The number of nitrogens with zero attached hydrogens (tertiary/aromatic N) is 1. The summed E-state index contributed by atoms with van der Waals surface area (Å²) >= 11 is 5.97. The molecular weight excluding hydrogens is 312 g/mol. The van der Waals surface area contributed by atoms with Crippen molar-refractivity contribution in [1.29, 1.82) is 0 Å². The summed E-state index contributed by atoms with van der Waals surface area (Å²) in [4.78, 5) is 27.0. The van der Waals surface area contributed by atoms with Gasteiger partial charge in [0, 0.05) is 10.7 Å². The van der Waals surface area contributed by atoms with Crippen molar-refractivity contribution in [2.75, 3.05) is 12.0 Å². The van der Waals surface area contributed by atoms with Gasteiger partial charge in [-0.15, -0.1) is 0 Å². The average molecular weight is 329 g/mol. The van der Waals surface area contributed by atoms with Gasteiger partial charge >= 0.3 is 0 Å². The molecule has 0 spiro atoms. The lowest BCUT2D eigenvalue weighted by molar-refractivity contribution is -0.139. The van der Waals surface area contributed by atoms with Gasteiger partial charge < -0.3 is 5.32 Å². The van der Waals surface area contributed by atoms with Crippen molar-refractivity contribution in [2.45, 2.75) is 6.42 Å². The number of rotatable bonds is 3. The molecule has 6 atom stereocenters. The molecule has 0 aromatic heterocycles. The molecule has 1 aromatic carbocycles. The monoisotopic (exact) mass is 328 g/mol. The molecule has 6 unspecified atom stereocenters. The van der Waals surface area contributed by atoms with Crippen LogP contribution >= 0.6 is 11.6 Å². The molecule has 5 aliphatic rings. The van der Waals surface area contributed by atoms with Crippen LogP contribution in [0.3, 0.4) is 0 Å². The minimum absolute atomic E-state index is 0.000715. The summed E-state index contributed by atoms with van der Waals surface area (Å²) in [5.41, 5.74) is 0.817. The fourth-order valence-electron chi connectivity index (χ4n) is 4.94. The second kappa shape index (κ2) is 4.60. The molecular formula is C18H17ClN2O2. The minimum atomic E-state index is -0.123. The van der Waals surface area contributed by atoms with Gasteiger partial charge in [-0.25, -0.2) is 0 Å². The number of allylic oxidation sites excluding steroid dienone is 2. The summed E-state index contributed by atoms with van der Waals surface area (Å²) in [6.45, 7) is 0.222. The largest absolute Gasteiger partial charge is 0.367 e. The highest BCUT2D eigenvalue weighted by atomic mass is 35.5.